The minimum absolute atomic E-state index is 0.192. The quantitative estimate of drug-likeness (QED) is 0.910. The van der Waals surface area contributed by atoms with Crippen molar-refractivity contribution in [3.8, 4) is 0 Å². The van der Waals surface area contributed by atoms with E-state index in [0.717, 1.165) is 18.5 Å². The molecule has 0 atom stereocenters. The molecule has 1 aliphatic rings. The second-order valence-electron chi connectivity index (χ2n) is 6.63. The van der Waals surface area contributed by atoms with E-state index in [1.807, 2.05) is 6.33 Å². The number of fused-ring (bicyclic) bond motifs is 1. The molecule has 102 valence electrons. The molecule has 0 saturated heterocycles. The van der Waals surface area contributed by atoms with Crippen LogP contribution in [0, 0.1) is 0 Å². The van der Waals surface area contributed by atoms with Crippen LogP contribution in [0.5, 0.6) is 0 Å². The summed E-state index contributed by atoms with van der Waals surface area (Å²) in [6.45, 7) is 7.62. The minimum atomic E-state index is 0.192. The highest BCUT2D eigenvalue weighted by atomic mass is 15.1. The Balaban J connectivity index is 1.71. The zero-order valence-corrected chi connectivity index (χ0v) is 12.1. The van der Waals surface area contributed by atoms with Crippen molar-refractivity contribution >= 4 is 11.0 Å². The zero-order valence-electron chi connectivity index (χ0n) is 12.1. The lowest BCUT2D eigenvalue weighted by Gasteiger charge is -2.20. The van der Waals surface area contributed by atoms with Crippen molar-refractivity contribution in [2.45, 2.75) is 51.6 Å². The molecule has 3 heteroatoms. The highest BCUT2D eigenvalue weighted by Crippen LogP contribution is 2.37. The van der Waals surface area contributed by atoms with Crippen molar-refractivity contribution in [1.82, 2.24) is 14.9 Å². The molecule has 1 saturated carbocycles. The Morgan fingerprint density at radius 2 is 2.11 bits per heavy atom. The molecule has 1 aromatic carbocycles. The number of imidazole rings is 1. The number of benzene rings is 1. The van der Waals surface area contributed by atoms with Crippen molar-refractivity contribution < 1.29 is 0 Å². The number of nitrogens with one attached hydrogen (secondary N) is 1. The molecule has 3 nitrogen and oxygen atoms in total. The van der Waals surface area contributed by atoms with Gasteiger partial charge < -0.3 is 9.88 Å². The van der Waals surface area contributed by atoms with E-state index in [2.05, 4.69) is 53.8 Å². The lowest BCUT2D eigenvalue weighted by Crippen LogP contribution is -2.37. The lowest BCUT2D eigenvalue weighted by atomic mass is 10.1. The molecule has 1 heterocycles. The predicted octanol–water partition coefficient (Wildman–Crippen LogP) is 3.30. The third-order valence-electron chi connectivity index (χ3n) is 3.65. The molecule has 1 aliphatic carbocycles. The van der Waals surface area contributed by atoms with E-state index in [1.165, 1.54) is 23.9 Å². The molecule has 0 unspecified atom stereocenters. The topological polar surface area (TPSA) is 29.9 Å². The molecule has 19 heavy (non-hydrogen) atoms. The van der Waals surface area contributed by atoms with E-state index < -0.39 is 0 Å². The average molecular weight is 257 g/mol. The first-order valence-electron chi connectivity index (χ1n) is 7.23. The van der Waals surface area contributed by atoms with Crippen molar-refractivity contribution in [2.75, 3.05) is 6.54 Å². The summed E-state index contributed by atoms with van der Waals surface area (Å²) in [6, 6.07) is 7.41. The van der Waals surface area contributed by atoms with E-state index >= 15 is 0 Å². The van der Waals surface area contributed by atoms with Gasteiger partial charge in [-0.15, -0.1) is 0 Å². The average Bonchev–Trinajstić information content (AvgIpc) is 3.08. The number of hydrogen-bond acceptors (Lipinski definition) is 2. The molecule has 3 rings (SSSR count). The van der Waals surface area contributed by atoms with Crippen LogP contribution in [-0.2, 0) is 6.42 Å². The Morgan fingerprint density at radius 1 is 1.32 bits per heavy atom. The summed E-state index contributed by atoms with van der Waals surface area (Å²) < 4.78 is 2.33. The van der Waals surface area contributed by atoms with Gasteiger partial charge in [0.05, 0.1) is 17.4 Å². The second-order valence-corrected chi connectivity index (χ2v) is 6.63. The van der Waals surface area contributed by atoms with E-state index in [1.54, 1.807) is 0 Å². The standard InChI is InChI=1S/C16H23N3/c1-16(2,3)18-9-8-12-4-7-15-14(10-12)17-11-19(15)13-5-6-13/h4,7,10-11,13,18H,5-6,8-9H2,1-3H3. The van der Waals surface area contributed by atoms with E-state index in [9.17, 15) is 0 Å². The number of aromatic nitrogens is 2. The summed E-state index contributed by atoms with van der Waals surface area (Å²) in [5.41, 5.74) is 3.98. The van der Waals surface area contributed by atoms with Crippen LogP contribution in [0.4, 0.5) is 0 Å². The van der Waals surface area contributed by atoms with E-state index in [0.29, 0.717) is 6.04 Å². The van der Waals surface area contributed by atoms with Crippen LogP contribution >= 0.6 is 0 Å². The van der Waals surface area contributed by atoms with Gasteiger partial charge in [0.25, 0.3) is 0 Å². The maximum atomic E-state index is 4.54. The first-order valence-corrected chi connectivity index (χ1v) is 7.23. The number of nitrogens with zero attached hydrogens (tertiary/aromatic N) is 2. The van der Waals surface area contributed by atoms with Gasteiger partial charge in [-0.1, -0.05) is 6.07 Å². The Bertz CT molecular complexity index is 573. The van der Waals surface area contributed by atoms with Crippen LogP contribution in [0.2, 0.25) is 0 Å². The molecule has 0 bridgehead atoms. The fraction of sp³-hybridized carbons (Fsp3) is 0.562. The molecule has 0 spiro atoms. The number of rotatable bonds is 4. The first-order chi connectivity index (χ1) is 9.03. The highest BCUT2D eigenvalue weighted by molar-refractivity contribution is 5.76. The molecule has 1 fully saturated rings. The summed E-state index contributed by atoms with van der Waals surface area (Å²) in [7, 11) is 0. The third kappa shape index (κ3) is 2.98. The van der Waals surface area contributed by atoms with Gasteiger partial charge in [0.1, 0.15) is 0 Å². The third-order valence-corrected chi connectivity index (χ3v) is 3.65. The molecule has 0 amide bonds. The minimum Gasteiger partial charge on any atom is -0.327 e. The lowest BCUT2D eigenvalue weighted by molar-refractivity contribution is 0.429. The van der Waals surface area contributed by atoms with Crippen LogP contribution in [0.1, 0.15) is 45.2 Å². The Labute approximate surface area is 115 Å². The summed E-state index contributed by atoms with van der Waals surface area (Å²) >= 11 is 0. The molecular weight excluding hydrogens is 234 g/mol. The summed E-state index contributed by atoms with van der Waals surface area (Å²) in [5, 5.41) is 3.53. The number of hydrogen-bond donors (Lipinski definition) is 1. The van der Waals surface area contributed by atoms with Crippen LogP contribution in [0.15, 0.2) is 24.5 Å². The largest absolute Gasteiger partial charge is 0.327 e. The van der Waals surface area contributed by atoms with Gasteiger partial charge in [-0.25, -0.2) is 4.98 Å². The molecular formula is C16H23N3. The van der Waals surface area contributed by atoms with Gasteiger partial charge in [0.2, 0.25) is 0 Å². The smallest absolute Gasteiger partial charge is 0.0960 e. The monoisotopic (exact) mass is 257 g/mol. The Kier molecular flexibility index (Phi) is 3.09. The molecule has 2 aromatic rings. The van der Waals surface area contributed by atoms with Crippen LogP contribution in [0.25, 0.3) is 11.0 Å². The molecule has 0 radical (unpaired) electrons. The van der Waals surface area contributed by atoms with Gasteiger partial charge in [-0.05, 0) is 64.3 Å². The molecule has 1 N–H and O–H groups in total. The van der Waals surface area contributed by atoms with Crippen molar-refractivity contribution in [3.05, 3.63) is 30.1 Å². The summed E-state index contributed by atoms with van der Waals surface area (Å²) in [4.78, 5) is 4.54. The van der Waals surface area contributed by atoms with E-state index in [4.69, 9.17) is 0 Å². The second kappa shape index (κ2) is 4.64. The van der Waals surface area contributed by atoms with Crippen LogP contribution in [-0.4, -0.2) is 21.6 Å². The fourth-order valence-corrected chi connectivity index (χ4v) is 2.46. The van der Waals surface area contributed by atoms with Gasteiger partial charge in [0.15, 0.2) is 0 Å². The van der Waals surface area contributed by atoms with Crippen LogP contribution < -0.4 is 5.32 Å². The maximum absolute atomic E-state index is 4.54. The van der Waals surface area contributed by atoms with Gasteiger partial charge >= 0.3 is 0 Å². The van der Waals surface area contributed by atoms with E-state index in [-0.39, 0.29) is 5.54 Å². The summed E-state index contributed by atoms with van der Waals surface area (Å²) in [5.74, 6) is 0. The van der Waals surface area contributed by atoms with Crippen LogP contribution in [0.3, 0.4) is 0 Å². The maximum Gasteiger partial charge on any atom is 0.0960 e. The summed E-state index contributed by atoms with van der Waals surface area (Å²) in [6.07, 6.45) is 5.68. The van der Waals surface area contributed by atoms with Gasteiger partial charge in [0, 0.05) is 11.6 Å². The molecule has 0 aliphatic heterocycles. The first kappa shape index (κ1) is 12.7. The van der Waals surface area contributed by atoms with Crippen molar-refractivity contribution in [1.29, 1.82) is 0 Å². The predicted molar refractivity (Wildman–Crippen MR) is 79.5 cm³/mol. The van der Waals surface area contributed by atoms with Crippen molar-refractivity contribution in [3.63, 3.8) is 0 Å². The van der Waals surface area contributed by atoms with Gasteiger partial charge in [-0.3, -0.25) is 0 Å². The molecule has 1 aromatic heterocycles. The zero-order chi connectivity index (χ0) is 13.5. The highest BCUT2D eigenvalue weighted by Gasteiger charge is 2.24. The normalized spacial score (nSPS) is 16.2. The van der Waals surface area contributed by atoms with Crippen molar-refractivity contribution in [2.24, 2.45) is 0 Å². The fourth-order valence-electron chi connectivity index (χ4n) is 2.46. The Morgan fingerprint density at radius 3 is 2.79 bits per heavy atom. The van der Waals surface area contributed by atoms with Gasteiger partial charge in [-0.2, -0.15) is 0 Å². The Hall–Kier alpha value is -1.35. The SMILES string of the molecule is CC(C)(C)NCCc1ccc2c(c1)ncn2C1CC1.